The number of benzene rings is 1. The molecule has 1 aromatic heterocycles. The number of nitrogens with zero attached hydrogens (tertiary/aromatic N) is 1. The molecule has 0 saturated heterocycles. The number of fused-ring (bicyclic) bond motifs is 1. The Balaban J connectivity index is 2.01. The molecule has 1 N–H and O–H groups in total. The van der Waals surface area contributed by atoms with Gasteiger partial charge in [0.2, 0.25) is 0 Å². The van der Waals surface area contributed by atoms with E-state index >= 15 is 0 Å². The summed E-state index contributed by atoms with van der Waals surface area (Å²) in [5.41, 5.74) is 2.02. The molecule has 3 rings (SSSR count). The van der Waals surface area contributed by atoms with Crippen LogP contribution in [0.1, 0.15) is 33.1 Å². The molecule has 1 fully saturated rings. The Hall–Kier alpha value is -1.77. The molecule has 3 nitrogen and oxygen atoms in total. The maximum absolute atomic E-state index is 12.2. The second kappa shape index (κ2) is 5.55. The number of aryl methyl sites for hydroxylation is 1. The molecule has 0 bridgehead atoms. The van der Waals surface area contributed by atoms with Crippen LogP contribution in [0.15, 0.2) is 35.1 Å². The summed E-state index contributed by atoms with van der Waals surface area (Å²) >= 11 is 0. The van der Waals surface area contributed by atoms with Crippen LogP contribution >= 0.6 is 0 Å². The second-order valence-electron chi connectivity index (χ2n) is 6.49. The van der Waals surface area contributed by atoms with Gasteiger partial charge in [-0.05, 0) is 24.3 Å². The first-order chi connectivity index (χ1) is 10.1. The molecule has 0 aliphatic heterocycles. The van der Waals surface area contributed by atoms with Gasteiger partial charge in [0.25, 0.3) is 5.56 Å². The van der Waals surface area contributed by atoms with Crippen LogP contribution in [0.4, 0.5) is 5.69 Å². The lowest BCUT2D eigenvalue weighted by molar-refractivity contribution is 0.253. The lowest BCUT2D eigenvalue weighted by Crippen LogP contribution is -2.35. The fourth-order valence-corrected chi connectivity index (χ4v) is 3.52. The van der Waals surface area contributed by atoms with Gasteiger partial charge in [-0.3, -0.25) is 4.79 Å². The first kappa shape index (κ1) is 14.2. The average molecular weight is 284 g/mol. The standard InChI is InChI=1S/C18H24N2O/c1-12-7-6-9-15(13(12)2)19-16-11-18(21)20(3)17-10-5-4-8-14(16)17/h4-5,8,10-13,15,19H,6-7,9H2,1-3H3. The van der Waals surface area contributed by atoms with Crippen LogP contribution < -0.4 is 10.9 Å². The Morgan fingerprint density at radius 3 is 2.76 bits per heavy atom. The SMILES string of the molecule is CC1CCCC(Nc2cc(=O)n(C)c3ccccc23)C1C. The van der Waals surface area contributed by atoms with E-state index in [2.05, 4.69) is 25.2 Å². The summed E-state index contributed by atoms with van der Waals surface area (Å²) < 4.78 is 1.72. The fraction of sp³-hybridized carbons (Fsp3) is 0.500. The van der Waals surface area contributed by atoms with Gasteiger partial charge < -0.3 is 9.88 Å². The van der Waals surface area contributed by atoms with E-state index in [0.29, 0.717) is 12.0 Å². The molecule has 1 aliphatic carbocycles. The summed E-state index contributed by atoms with van der Waals surface area (Å²) in [6.45, 7) is 4.66. The summed E-state index contributed by atoms with van der Waals surface area (Å²) in [4.78, 5) is 12.2. The minimum atomic E-state index is 0.0488. The lowest BCUT2D eigenvalue weighted by atomic mass is 9.78. The third-order valence-electron chi connectivity index (χ3n) is 5.20. The number of aromatic nitrogens is 1. The fourth-order valence-electron chi connectivity index (χ4n) is 3.52. The topological polar surface area (TPSA) is 34.0 Å². The van der Waals surface area contributed by atoms with Gasteiger partial charge in [0.15, 0.2) is 0 Å². The van der Waals surface area contributed by atoms with Gasteiger partial charge in [-0.25, -0.2) is 0 Å². The summed E-state index contributed by atoms with van der Waals surface area (Å²) in [5.74, 6) is 1.38. The molecule has 3 atom stereocenters. The molecule has 0 spiro atoms. The molecule has 1 saturated carbocycles. The van der Waals surface area contributed by atoms with Crippen LogP contribution in [0.25, 0.3) is 10.9 Å². The third kappa shape index (κ3) is 2.57. The smallest absolute Gasteiger partial charge is 0.252 e. The van der Waals surface area contributed by atoms with Crippen molar-refractivity contribution in [1.82, 2.24) is 4.57 Å². The van der Waals surface area contributed by atoms with E-state index in [1.54, 1.807) is 10.6 Å². The molecule has 1 heterocycles. The van der Waals surface area contributed by atoms with E-state index < -0.39 is 0 Å². The van der Waals surface area contributed by atoms with Gasteiger partial charge in [-0.2, -0.15) is 0 Å². The zero-order valence-electron chi connectivity index (χ0n) is 13.1. The maximum Gasteiger partial charge on any atom is 0.252 e. The van der Waals surface area contributed by atoms with E-state index in [1.807, 2.05) is 25.2 Å². The van der Waals surface area contributed by atoms with E-state index in [0.717, 1.165) is 22.5 Å². The van der Waals surface area contributed by atoms with E-state index in [-0.39, 0.29) is 5.56 Å². The molecule has 2 aromatic rings. The van der Waals surface area contributed by atoms with E-state index in [1.165, 1.54) is 19.3 Å². The molecule has 3 heteroatoms. The molecule has 3 unspecified atom stereocenters. The Morgan fingerprint density at radius 2 is 1.95 bits per heavy atom. The highest BCUT2D eigenvalue weighted by Gasteiger charge is 2.27. The predicted molar refractivity (Wildman–Crippen MR) is 88.8 cm³/mol. The molecule has 21 heavy (non-hydrogen) atoms. The third-order valence-corrected chi connectivity index (χ3v) is 5.20. The predicted octanol–water partition coefficient (Wildman–Crippen LogP) is 3.78. The van der Waals surface area contributed by atoms with Crippen molar-refractivity contribution in [1.29, 1.82) is 0 Å². The zero-order valence-corrected chi connectivity index (χ0v) is 13.1. The van der Waals surface area contributed by atoms with Crippen LogP contribution in [-0.2, 0) is 7.05 Å². The first-order valence-corrected chi connectivity index (χ1v) is 7.93. The van der Waals surface area contributed by atoms with E-state index in [4.69, 9.17) is 0 Å². The normalized spacial score (nSPS) is 26.0. The summed E-state index contributed by atoms with van der Waals surface area (Å²) in [6, 6.07) is 10.3. The highest BCUT2D eigenvalue weighted by Crippen LogP contribution is 2.32. The molecule has 0 amide bonds. The average Bonchev–Trinajstić information content (AvgIpc) is 2.49. The van der Waals surface area contributed by atoms with Crippen molar-refractivity contribution in [2.75, 3.05) is 5.32 Å². The van der Waals surface area contributed by atoms with Crippen LogP contribution in [0.5, 0.6) is 0 Å². The van der Waals surface area contributed by atoms with Gasteiger partial charge in [0.1, 0.15) is 0 Å². The number of rotatable bonds is 2. The molecule has 0 radical (unpaired) electrons. The van der Waals surface area contributed by atoms with Gasteiger partial charge in [-0.1, -0.05) is 44.9 Å². The maximum atomic E-state index is 12.2. The number of pyridine rings is 1. The van der Waals surface area contributed by atoms with Gasteiger partial charge >= 0.3 is 0 Å². The Kier molecular flexibility index (Phi) is 3.75. The van der Waals surface area contributed by atoms with Crippen molar-refractivity contribution >= 4 is 16.6 Å². The molecule has 1 aromatic carbocycles. The number of anilines is 1. The van der Waals surface area contributed by atoms with Gasteiger partial charge in [0.05, 0.1) is 5.52 Å². The van der Waals surface area contributed by atoms with E-state index in [9.17, 15) is 4.79 Å². The number of nitrogens with one attached hydrogen (secondary N) is 1. The molecular formula is C18H24N2O. The number of para-hydroxylation sites is 1. The molecular weight excluding hydrogens is 260 g/mol. The van der Waals surface area contributed by atoms with Gasteiger partial charge in [-0.15, -0.1) is 0 Å². The molecule has 112 valence electrons. The largest absolute Gasteiger partial charge is 0.381 e. The zero-order chi connectivity index (χ0) is 15.0. The van der Waals surface area contributed by atoms with Crippen LogP contribution in [0.3, 0.4) is 0 Å². The Labute approximate surface area is 126 Å². The van der Waals surface area contributed by atoms with Crippen molar-refractivity contribution in [2.24, 2.45) is 18.9 Å². The highest BCUT2D eigenvalue weighted by molar-refractivity contribution is 5.91. The summed E-state index contributed by atoms with van der Waals surface area (Å²) in [5, 5.41) is 4.79. The lowest BCUT2D eigenvalue weighted by Gasteiger charge is -2.35. The monoisotopic (exact) mass is 284 g/mol. The summed E-state index contributed by atoms with van der Waals surface area (Å²) in [7, 11) is 1.83. The Bertz CT molecular complexity index is 704. The van der Waals surface area contributed by atoms with Crippen molar-refractivity contribution in [3.8, 4) is 0 Å². The van der Waals surface area contributed by atoms with Crippen molar-refractivity contribution in [3.63, 3.8) is 0 Å². The Morgan fingerprint density at radius 1 is 1.19 bits per heavy atom. The quantitative estimate of drug-likeness (QED) is 0.910. The van der Waals surface area contributed by atoms with Crippen LogP contribution in [0.2, 0.25) is 0 Å². The van der Waals surface area contributed by atoms with Gasteiger partial charge in [0, 0.05) is 30.2 Å². The van der Waals surface area contributed by atoms with Crippen LogP contribution in [0, 0.1) is 11.8 Å². The minimum Gasteiger partial charge on any atom is -0.381 e. The summed E-state index contributed by atoms with van der Waals surface area (Å²) in [6.07, 6.45) is 3.78. The highest BCUT2D eigenvalue weighted by atomic mass is 16.1. The minimum absolute atomic E-state index is 0.0488. The molecule has 1 aliphatic rings. The van der Waals surface area contributed by atoms with Crippen molar-refractivity contribution < 1.29 is 0 Å². The second-order valence-corrected chi connectivity index (χ2v) is 6.49. The first-order valence-electron chi connectivity index (χ1n) is 7.93. The number of hydrogen-bond donors (Lipinski definition) is 1. The van der Waals surface area contributed by atoms with Crippen molar-refractivity contribution in [2.45, 2.75) is 39.2 Å². The number of hydrogen-bond acceptors (Lipinski definition) is 2. The van der Waals surface area contributed by atoms with Crippen LogP contribution in [-0.4, -0.2) is 10.6 Å². The van der Waals surface area contributed by atoms with Crippen molar-refractivity contribution in [3.05, 3.63) is 40.7 Å².